The predicted octanol–water partition coefficient (Wildman–Crippen LogP) is 1.60. The van der Waals surface area contributed by atoms with Gasteiger partial charge in [0.25, 0.3) is 0 Å². The average Bonchev–Trinajstić information content (AvgIpc) is 2.46. The van der Waals surface area contributed by atoms with Crippen LogP contribution < -0.4 is 5.32 Å². The molecule has 1 N–H and O–H groups in total. The first kappa shape index (κ1) is 16.5. The third-order valence-corrected chi connectivity index (χ3v) is 5.11. The monoisotopic (exact) mass is 321 g/mol. The largest absolute Gasteiger partial charge is 0.382 e. The Morgan fingerprint density at radius 3 is 2.50 bits per heavy atom. The molecule has 0 aliphatic carbocycles. The fraction of sp³-hybridized carbons (Fsp3) is 0.467. The van der Waals surface area contributed by atoms with Gasteiger partial charge in [0.2, 0.25) is 10.0 Å². The summed E-state index contributed by atoms with van der Waals surface area (Å²) in [6.07, 6.45) is 2.55. The van der Waals surface area contributed by atoms with Gasteiger partial charge in [-0.25, -0.2) is 12.7 Å². The van der Waals surface area contributed by atoms with Gasteiger partial charge in [0.1, 0.15) is 0 Å². The minimum atomic E-state index is -3.15. The quantitative estimate of drug-likeness (QED) is 0.851. The molecule has 0 aromatic heterocycles. The number of hydrogen-bond donors (Lipinski definition) is 1. The van der Waals surface area contributed by atoms with Crippen LogP contribution in [0.5, 0.6) is 0 Å². The van der Waals surface area contributed by atoms with Crippen LogP contribution in [0.1, 0.15) is 35.7 Å². The standard InChI is InChI=1S/C15H19N3O3S/c1-11(19)14-4-3-12(10-16)9-15(14)17-13-5-7-18(8-6-13)22(2,20)21/h3-4,9,13,17H,5-8H2,1-2H3. The SMILES string of the molecule is CC(=O)c1ccc(C#N)cc1NC1CCN(S(C)(=O)=O)CC1. The highest BCUT2D eigenvalue weighted by atomic mass is 32.2. The second-order valence-corrected chi connectivity index (χ2v) is 7.49. The van der Waals surface area contributed by atoms with E-state index in [9.17, 15) is 13.2 Å². The van der Waals surface area contributed by atoms with E-state index in [-0.39, 0.29) is 11.8 Å². The Kier molecular flexibility index (Phi) is 4.84. The highest BCUT2D eigenvalue weighted by Gasteiger charge is 2.25. The van der Waals surface area contributed by atoms with Crippen molar-refractivity contribution in [2.75, 3.05) is 24.7 Å². The number of anilines is 1. The first-order chi connectivity index (χ1) is 10.3. The summed E-state index contributed by atoms with van der Waals surface area (Å²) in [6, 6.07) is 7.08. The second kappa shape index (κ2) is 6.46. The zero-order valence-corrected chi connectivity index (χ0v) is 13.5. The average molecular weight is 321 g/mol. The zero-order chi connectivity index (χ0) is 16.3. The lowest BCUT2D eigenvalue weighted by atomic mass is 10.0. The fourth-order valence-corrected chi connectivity index (χ4v) is 3.47. The van der Waals surface area contributed by atoms with Crippen LogP contribution in [-0.2, 0) is 10.0 Å². The number of hydrogen-bond acceptors (Lipinski definition) is 5. The number of carbonyl (C=O) groups is 1. The molecule has 118 valence electrons. The Labute approximate surface area is 130 Å². The van der Waals surface area contributed by atoms with Gasteiger partial charge in [-0.3, -0.25) is 4.79 Å². The first-order valence-corrected chi connectivity index (χ1v) is 8.93. The first-order valence-electron chi connectivity index (χ1n) is 7.08. The van der Waals surface area contributed by atoms with Crippen molar-refractivity contribution in [3.05, 3.63) is 29.3 Å². The molecule has 1 aliphatic rings. The molecule has 1 aromatic carbocycles. The molecule has 6 nitrogen and oxygen atoms in total. The maximum absolute atomic E-state index is 11.7. The van der Waals surface area contributed by atoms with E-state index < -0.39 is 10.0 Å². The molecule has 0 spiro atoms. The Balaban J connectivity index is 2.12. The van der Waals surface area contributed by atoms with E-state index >= 15 is 0 Å². The van der Waals surface area contributed by atoms with Crippen LogP contribution in [0.4, 0.5) is 5.69 Å². The summed E-state index contributed by atoms with van der Waals surface area (Å²) in [5.74, 6) is -0.0689. The number of benzene rings is 1. The molecule has 1 heterocycles. The van der Waals surface area contributed by atoms with Crippen LogP contribution in [0.15, 0.2) is 18.2 Å². The van der Waals surface area contributed by atoms with Crippen molar-refractivity contribution in [2.24, 2.45) is 0 Å². The number of nitrogens with one attached hydrogen (secondary N) is 1. The summed E-state index contributed by atoms with van der Waals surface area (Å²) >= 11 is 0. The minimum Gasteiger partial charge on any atom is -0.382 e. The van der Waals surface area contributed by atoms with Crippen LogP contribution >= 0.6 is 0 Å². The molecule has 1 aromatic rings. The van der Waals surface area contributed by atoms with Crippen molar-refractivity contribution in [3.63, 3.8) is 0 Å². The van der Waals surface area contributed by atoms with Gasteiger partial charge in [0, 0.05) is 30.4 Å². The van der Waals surface area contributed by atoms with Gasteiger partial charge in [-0.05, 0) is 38.0 Å². The van der Waals surface area contributed by atoms with Crippen molar-refractivity contribution in [2.45, 2.75) is 25.8 Å². The minimum absolute atomic E-state index is 0.0689. The second-order valence-electron chi connectivity index (χ2n) is 5.51. The lowest BCUT2D eigenvalue weighted by Gasteiger charge is -2.31. The molecule has 0 atom stereocenters. The number of carbonyl (C=O) groups excluding carboxylic acids is 1. The highest BCUT2D eigenvalue weighted by molar-refractivity contribution is 7.88. The number of ketones is 1. The van der Waals surface area contributed by atoms with Crippen molar-refractivity contribution < 1.29 is 13.2 Å². The van der Waals surface area contributed by atoms with Crippen LogP contribution in [-0.4, -0.2) is 43.9 Å². The number of nitrogens with zero attached hydrogens (tertiary/aromatic N) is 2. The van der Waals surface area contributed by atoms with E-state index in [4.69, 9.17) is 5.26 Å². The zero-order valence-electron chi connectivity index (χ0n) is 12.7. The van der Waals surface area contributed by atoms with E-state index in [1.165, 1.54) is 17.5 Å². The molecule has 7 heteroatoms. The normalized spacial score (nSPS) is 17.0. The van der Waals surface area contributed by atoms with Crippen molar-refractivity contribution in [3.8, 4) is 6.07 Å². The summed E-state index contributed by atoms with van der Waals surface area (Å²) in [7, 11) is -3.15. The van der Waals surface area contributed by atoms with Gasteiger partial charge in [0.05, 0.1) is 17.9 Å². The maximum atomic E-state index is 11.7. The van der Waals surface area contributed by atoms with Gasteiger partial charge in [-0.15, -0.1) is 0 Å². The van der Waals surface area contributed by atoms with Gasteiger partial charge in [-0.2, -0.15) is 5.26 Å². The third-order valence-electron chi connectivity index (χ3n) is 3.81. The Hall–Kier alpha value is -1.91. The topological polar surface area (TPSA) is 90.3 Å². The van der Waals surface area contributed by atoms with E-state index in [1.807, 2.05) is 0 Å². The lowest BCUT2D eigenvalue weighted by Crippen LogP contribution is -2.42. The molecule has 0 radical (unpaired) electrons. The van der Waals surface area contributed by atoms with E-state index in [1.54, 1.807) is 18.2 Å². The van der Waals surface area contributed by atoms with Crippen molar-refractivity contribution >= 4 is 21.5 Å². The molecule has 0 amide bonds. The van der Waals surface area contributed by atoms with Crippen LogP contribution in [0.2, 0.25) is 0 Å². The summed E-state index contributed by atoms with van der Waals surface area (Å²) in [5, 5.41) is 12.3. The van der Waals surface area contributed by atoms with Gasteiger partial charge >= 0.3 is 0 Å². The number of nitriles is 1. The van der Waals surface area contributed by atoms with Gasteiger partial charge in [0.15, 0.2) is 5.78 Å². The molecule has 1 saturated heterocycles. The van der Waals surface area contributed by atoms with Crippen LogP contribution in [0.3, 0.4) is 0 Å². The number of sulfonamides is 1. The summed E-state index contributed by atoms with van der Waals surface area (Å²) < 4.78 is 24.5. The van der Waals surface area contributed by atoms with E-state index in [0.717, 1.165) is 0 Å². The van der Waals surface area contributed by atoms with Gasteiger partial charge < -0.3 is 5.32 Å². The van der Waals surface area contributed by atoms with E-state index in [0.29, 0.717) is 42.7 Å². The molecule has 0 bridgehead atoms. The fourth-order valence-electron chi connectivity index (χ4n) is 2.59. The molecular formula is C15H19N3O3S. The molecule has 2 rings (SSSR count). The molecule has 0 unspecified atom stereocenters. The molecule has 1 aliphatic heterocycles. The molecule has 22 heavy (non-hydrogen) atoms. The third kappa shape index (κ3) is 3.84. The maximum Gasteiger partial charge on any atom is 0.211 e. The summed E-state index contributed by atoms with van der Waals surface area (Å²) in [6.45, 7) is 2.41. The Bertz CT molecular complexity index is 714. The summed E-state index contributed by atoms with van der Waals surface area (Å²) in [5.41, 5.74) is 1.68. The highest BCUT2D eigenvalue weighted by Crippen LogP contribution is 2.23. The smallest absolute Gasteiger partial charge is 0.211 e. The number of piperidine rings is 1. The summed E-state index contributed by atoms with van der Waals surface area (Å²) in [4.78, 5) is 11.7. The Morgan fingerprint density at radius 2 is 2.00 bits per heavy atom. The van der Waals surface area contributed by atoms with Crippen molar-refractivity contribution in [1.29, 1.82) is 5.26 Å². The predicted molar refractivity (Wildman–Crippen MR) is 84.2 cm³/mol. The number of rotatable bonds is 4. The van der Waals surface area contributed by atoms with Gasteiger partial charge in [-0.1, -0.05) is 0 Å². The Morgan fingerprint density at radius 1 is 1.36 bits per heavy atom. The number of Topliss-reactive ketones (excluding diaryl/α,β-unsaturated/α-hetero) is 1. The van der Waals surface area contributed by atoms with Crippen LogP contribution in [0, 0.1) is 11.3 Å². The molecular weight excluding hydrogens is 302 g/mol. The molecule has 0 saturated carbocycles. The van der Waals surface area contributed by atoms with Crippen molar-refractivity contribution in [1.82, 2.24) is 4.31 Å². The van der Waals surface area contributed by atoms with Crippen LogP contribution in [0.25, 0.3) is 0 Å². The lowest BCUT2D eigenvalue weighted by molar-refractivity contribution is 0.101. The molecule has 1 fully saturated rings. The van der Waals surface area contributed by atoms with E-state index in [2.05, 4.69) is 11.4 Å².